The van der Waals surface area contributed by atoms with Crippen LogP contribution in [-0.4, -0.2) is 24.0 Å². The Balaban J connectivity index is 2.08. The van der Waals surface area contributed by atoms with Gasteiger partial charge in [-0.25, -0.2) is 0 Å². The van der Waals surface area contributed by atoms with Gasteiger partial charge in [-0.3, -0.25) is 9.59 Å². The molecule has 0 saturated carbocycles. The van der Waals surface area contributed by atoms with Crippen LogP contribution in [0.1, 0.15) is 47.2 Å². The van der Waals surface area contributed by atoms with Crippen molar-refractivity contribution in [1.82, 2.24) is 0 Å². The van der Waals surface area contributed by atoms with Crippen LogP contribution in [0.15, 0.2) is 48.0 Å². The number of ether oxygens (including phenoxy) is 1. The molecule has 2 aromatic carbocycles. The van der Waals surface area contributed by atoms with Gasteiger partial charge in [0.25, 0.3) is 0 Å². The Labute approximate surface area is 157 Å². The predicted octanol–water partition coefficient (Wildman–Crippen LogP) is 4.97. The average Bonchev–Trinajstić information content (AvgIpc) is 2.63. The van der Waals surface area contributed by atoms with E-state index in [2.05, 4.69) is 0 Å². The second kappa shape index (κ2) is 7.34. The Hall–Kier alpha value is -2.59. The largest absolute Gasteiger partial charge is 0.497 e. The van der Waals surface area contributed by atoms with Crippen LogP contribution in [-0.2, 0) is 4.79 Å². The maximum atomic E-state index is 13.1. The number of benzene rings is 2. The standard InChI is InChI=1S/C21H19ClO4/c1-12-9-19(21(25)13-3-5-14(22)6-4-13)16-8-7-15(26-2)10-18(16)17(12)11-20(23)24/h3-8,10,19H,9,11H2,1-2H3,(H,23,24). The van der Waals surface area contributed by atoms with Gasteiger partial charge in [-0.05, 0) is 66.4 Å². The zero-order valence-corrected chi connectivity index (χ0v) is 15.3. The second-order valence-electron chi connectivity index (χ2n) is 6.41. The predicted molar refractivity (Wildman–Crippen MR) is 101 cm³/mol. The van der Waals surface area contributed by atoms with E-state index in [4.69, 9.17) is 16.3 Å². The van der Waals surface area contributed by atoms with E-state index in [1.165, 1.54) is 0 Å². The summed E-state index contributed by atoms with van der Waals surface area (Å²) in [5, 5.41) is 9.85. The zero-order valence-electron chi connectivity index (χ0n) is 14.6. The number of carbonyl (C=O) groups excluding carboxylic acids is 1. The molecule has 134 valence electrons. The maximum Gasteiger partial charge on any atom is 0.307 e. The molecule has 0 bridgehead atoms. The van der Waals surface area contributed by atoms with E-state index in [1.807, 2.05) is 19.1 Å². The van der Waals surface area contributed by atoms with Crippen LogP contribution in [0.2, 0.25) is 5.02 Å². The summed E-state index contributed by atoms with van der Waals surface area (Å²) in [6.45, 7) is 1.89. The Morgan fingerprint density at radius 1 is 1.19 bits per heavy atom. The molecule has 0 heterocycles. The van der Waals surface area contributed by atoms with E-state index in [1.54, 1.807) is 37.4 Å². The summed E-state index contributed by atoms with van der Waals surface area (Å²) in [6, 6.07) is 12.3. The van der Waals surface area contributed by atoms with Crippen molar-refractivity contribution in [3.05, 3.63) is 69.8 Å². The highest BCUT2D eigenvalue weighted by Gasteiger charge is 2.31. The number of aliphatic carboxylic acids is 1. The van der Waals surface area contributed by atoms with Crippen molar-refractivity contribution in [2.45, 2.75) is 25.7 Å². The first-order valence-corrected chi connectivity index (χ1v) is 8.67. The van der Waals surface area contributed by atoms with E-state index in [-0.39, 0.29) is 18.1 Å². The number of carbonyl (C=O) groups is 2. The van der Waals surface area contributed by atoms with Gasteiger partial charge < -0.3 is 9.84 Å². The lowest BCUT2D eigenvalue weighted by Gasteiger charge is -2.28. The third-order valence-electron chi connectivity index (χ3n) is 4.76. The van der Waals surface area contributed by atoms with Gasteiger partial charge in [0.05, 0.1) is 19.4 Å². The Morgan fingerprint density at radius 3 is 2.50 bits per heavy atom. The minimum absolute atomic E-state index is 0.00167. The lowest BCUT2D eigenvalue weighted by Crippen LogP contribution is -2.20. The van der Waals surface area contributed by atoms with E-state index in [0.29, 0.717) is 22.8 Å². The quantitative estimate of drug-likeness (QED) is 0.755. The molecule has 5 heteroatoms. The molecule has 1 N–H and O–H groups in total. The van der Waals surface area contributed by atoms with Gasteiger partial charge in [0.2, 0.25) is 0 Å². The fourth-order valence-corrected chi connectivity index (χ4v) is 3.57. The lowest BCUT2D eigenvalue weighted by molar-refractivity contribution is -0.135. The average molecular weight is 371 g/mol. The van der Waals surface area contributed by atoms with Crippen molar-refractivity contribution in [1.29, 1.82) is 0 Å². The van der Waals surface area contributed by atoms with Gasteiger partial charge in [0.1, 0.15) is 5.75 Å². The number of allylic oxidation sites excluding steroid dienone is 1. The van der Waals surface area contributed by atoms with Gasteiger partial charge in [0, 0.05) is 10.6 Å². The number of hydrogen-bond donors (Lipinski definition) is 1. The summed E-state index contributed by atoms with van der Waals surface area (Å²) in [7, 11) is 1.56. The number of carboxylic acids is 1. The fourth-order valence-electron chi connectivity index (χ4n) is 3.44. The highest BCUT2D eigenvalue weighted by molar-refractivity contribution is 6.30. The van der Waals surface area contributed by atoms with Crippen molar-refractivity contribution in [2.24, 2.45) is 0 Å². The molecule has 1 unspecified atom stereocenters. The minimum atomic E-state index is -0.893. The summed E-state index contributed by atoms with van der Waals surface area (Å²) in [6.07, 6.45) is 0.428. The first-order chi connectivity index (χ1) is 12.4. The van der Waals surface area contributed by atoms with Crippen LogP contribution in [0, 0.1) is 0 Å². The van der Waals surface area contributed by atoms with Crippen molar-refractivity contribution in [3.8, 4) is 5.75 Å². The molecule has 1 aliphatic rings. The summed E-state index contributed by atoms with van der Waals surface area (Å²) < 4.78 is 5.29. The molecule has 1 aliphatic carbocycles. The summed E-state index contributed by atoms with van der Waals surface area (Å²) >= 11 is 5.92. The van der Waals surface area contributed by atoms with E-state index in [9.17, 15) is 14.7 Å². The number of hydrogen-bond acceptors (Lipinski definition) is 3. The Morgan fingerprint density at radius 2 is 1.88 bits per heavy atom. The van der Waals surface area contributed by atoms with E-state index in [0.717, 1.165) is 22.3 Å². The van der Waals surface area contributed by atoms with Crippen molar-refractivity contribution in [2.75, 3.05) is 7.11 Å². The molecular weight excluding hydrogens is 352 g/mol. The zero-order chi connectivity index (χ0) is 18.8. The number of methoxy groups -OCH3 is 1. The second-order valence-corrected chi connectivity index (χ2v) is 6.85. The molecule has 0 spiro atoms. The van der Waals surface area contributed by atoms with Crippen LogP contribution in [0.5, 0.6) is 5.75 Å². The van der Waals surface area contributed by atoms with Gasteiger partial charge in [-0.1, -0.05) is 23.2 Å². The molecule has 0 fully saturated rings. The Kier molecular flexibility index (Phi) is 5.14. The number of rotatable bonds is 5. The maximum absolute atomic E-state index is 13.1. The van der Waals surface area contributed by atoms with Crippen molar-refractivity contribution >= 4 is 28.9 Å². The summed E-state index contributed by atoms with van der Waals surface area (Å²) in [5.41, 5.74) is 3.89. The summed E-state index contributed by atoms with van der Waals surface area (Å²) in [5.74, 6) is -0.605. The van der Waals surface area contributed by atoms with Gasteiger partial charge >= 0.3 is 5.97 Å². The molecule has 0 radical (unpaired) electrons. The smallest absolute Gasteiger partial charge is 0.307 e. The number of carboxylic acid groups (broad SMARTS) is 1. The van der Waals surface area contributed by atoms with Crippen LogP contribution in [0.4, 0.5) is 0 Å². The van der Waals surface area contributed by atoms with Gasteiger partial charge in [-0.2, -0.15) is 0 Å². The highest BCUT2D eigenvalue weighted by atomic mass is 35.5. The van der Waals surface area contributed by atoms with Crippen LogP contribution in [0.3, 0.4) is 0 Å². The van der Waals surface area contributed by atoms with E-state index >= 15 is 0 Å². The van der Waals surface area contributed by atoms with Crippen LogP contribution in [0.25, 0.3) is 5.57 Å². The van der Waals surface area contributed by atoms with Gasteiger partial charge in [0.15, 0.2) is 5.78 Å². The number of halogens is 1. The molecule has 0 aliphatic heterocycles. The molecule has 3 rings (SSSR count). The fraction of sp³-hybridized carbons (Fsp3) is 0.238. The summed E-state index contributed by atoms with van der Waals surface area (Å²) in [4.78, 5) is 24.4. The first-order valence-electron chi connectivity index (χ1n) is 8.29. The van der Waals surface area contributed by atoms with Crippen LogP contribution < -0.4 is 4.74 Å². The molecule has 0 aromatic heterocycles. The molecular formula is C21H19ClO4. The lowest BCUT2D eigenvalue weighted by atomic mass is 9.75. The van der Waals surface area contributed by atoms with Crippen molar-refractivity contribution < 1.29 is 19.4 Å². The van der Waals surface area contributed by atoms with E-state index < -0.39 is 5.97 Å². The number of ketones is 1. The molecule has 4 nitrogen and oxygen atoms in total. The molecule has 0 saturated heterocycles. The van der Waals surface area contributed by atoms with Gasteiger partial charge in [-0.15, -0.1) is 0 Å². The number of fused-ring (bicyclic) bond motifs is 1. The molecule has 26 heavy (non-hydrogen) atoms. The topological polar surface area (TPSA) is 63.6 Å². The first kappa shape index (κ1) is 18.2. The SMILES string of the molecule is COc1ccc2c(c1)C(CC(=O)O)=C(C)CC2C(=O)c1ccc(Cl)cc1. The third-order valence-corrected chi connectivity index (χ3v) is 5.01. The number of Topliss-reactive ketones (excluding diaryl/α,β-unsaturated/α-hetero) is 1. The normalized spacial score (nSPS) is 16.2. The van der Waals surface area contributed by atoms with Crippen molar-refractivity contribution in [3.63, 3.8) is 0 Å². The molecule has 0 amide bonds. The van der Waals surface area contributed by atoms with Crippen LogP contribution >= 0.6 is 11.6 Å². The molecule has 1 atom stereocenters. The highest BCUT2D eigenvalue weighted by Crippen LogP contribution is 2.42. The Bertz CT molecular complexity index is 897. The monoisotopic (exact) mass is 370 g/mol. The minimum Gasteiger partial charge on any atom is -0.497 e. The molecule has 2 aromatic rings. The third kappa shape index (κ3) is 3.51.